The minimum atomic E-state index is -3.95. The molecule has 10 heteroatoms. The number of nitrogens with one attached hydrogen (secondary N) is 1. The van der Waals surface area contributed by atoms with Gasteiger partial charge in [0.25, 0.3) is 10.0 Å². The second-order valence-electron chi connectivity index (χ2n) is 7.61. The Balaban J connectivity index is 0.00000342. The Labute approximate surface area is 209 Å². The van der Waals surface area contributed by atoms with Crippen LogP contribution in [-0.4, -0.2) is 36.0 Å². The quantitative estimate of drug-likeness (QED) is 0.321. The molecular formula is C25H25ClFN3O4S. The van der Waals surface area contributed by atoms with Gasteiger partial charge in [-0.3, -0.25) is 0 Å². The number of fused-ring (bicyclic) bond motifs is 1. The van der Waals surface area contributed by atoms with Crippen LogP contribution in [0.2, 0.25) is 0 Å². The highest BCUT2D eigenvalue weighted by atomic mass is 35.5. The molecule has 0 aliphatic carbocycles. The van der Waals surface area contributed by atoms with Crippen LogP contribution in [0.5, 0.6) is 0 Å². The summed E-state index contributed by atoms with van der Waals surface area (Å²) in [5.74, 6) is -0.411. The highest BCUT2D eigenvalue weighted by molar-refractivity contribution is 7.90. The second-order valence-corrected chi connectivity index (χ2v) is 9.42. The molecule has 1 N–H and O–H groups in total. The van der Waals surface area contributed by atoms with Gasteiger partial charge in [-0.15, -0.1) is 12.4 Å². The predicted octanol–water partition coefficient (Wildman–Crippen LogP) is 5.25. The van der Waals surface area contributed by atoms with Crippen molar-refractivity contribution in [2.24, 2.45) is 0 Å². The molecule has 1 atom stereocenters. The van der Waals surface area contributed by atoms with E-state index in [2.05, 4.69) is 10.3 Å². The molecule has 35 heavy (non-hydrogen) atoms. The van der Waals surface area contributed by atoms with Crippen LogP contribution in [-0.2, 0) is 19.6 Å². The molecule has 7 nitrogen and oxygen atoms in total. The van der Waals surface area contributed by atoms with Crippen molar-refractivity contribution in [3.8, 4) is 11.1 Å². The summed E-state index contributed by atoms with van der Waals surface area (Å²) in [6, 6.07) is 15.0. The monoisotopic (exact) mass is 517 g/mol. The summed E-state index contributed by atoms with van der Waals surface area (Å²) in [4.78, 5) is 16.5. The molecule has 0 fully saturated rings. The van der Waals surface area contributed by atoms with E-state index in [1.165, 1.54) is 30.5 Å². The van der Waals surface area contributed by atoms with Gasteiger partial charge < -0.3 is 10.1 Å². The summed E-state index contributed by atoms with van der Waals surface area (Å²) in [7, 11) is -3.95. The van der Waals surface area contributed by atoms with Crippen LogP contribution < -0.4 is 5.32 Å². The summed E-state index contributed by atoms with van der Waals surface area (Å²) in [5, 5.41) is 3.62. The normalized spacial score (nSPS) is 12.1. The topological polar surface area (TPSA) is 90.3 Å². The maximum absolute atomic E-state index is 14.1. The summed E-state index contributed by atoms with van der Waals surface area (Å²) in [6.07, 6.45) is 3.58. The number of hydrogen-bond donors (Lipinski definition) is 1. The lowest BCUT2D eigenvalue weighted by molar-refractivity contribution is -0.144. The van der Waals surface area contributed by atoms with Gasteiger partial charge in [-0.1, -0.05) is 25.1 Å². The maximum atomic E-state index is 14.1. The van der Waals surface area contributed by atoms with Gasteiger partial charge in [0.05, 0.1) is 17.0 Å². The van der Waals surface area contributed by atoms with Gasteiger partial charge in [-0.2, -0.15) is 0 Å². The van der Waals surface area contributed by atoms with Crippen molar-refractivity contribution in [2.75, 3.05) is 11.9 Å². The third kappa shape index (κ3) is 5.31. The average Bonchev–Trinajstić information content (AvgIpc) is 3.23. The number of pyridine rings is 1. The van der Waals surface area contributed by atoms with E-state index in [0.717, 1.165) is 3.97 Å². The van der Waals surface area contributed by atoms with Crippen LogP contribution in [0.1, 0.15) is 20.3 Å². The van der Waals surface area contributed by atoms with E-state index in [9.17, 15) is 17.6 Å². The average molecular weight is 518 g/mol. The standard InChI is InChI=1S/C25H24FN3O4S.ClH/c1-3-22(25(30)33-4-2)28-24-13-10-17(15-27-24)21-16-29(23-14-18(26)11-12-20(21)23)34(31,32)19-8-6-5-7-9-19;/h5-16,22H,3-4H2,1-2H3,(H,27,28);1H. The third-order valence-electron chi connectivity index (χ3n) is 5.41. The van der Waals surface area contributed by atoms with Crippen LogP contribution in [0.3, 0.4) is 0 Å². The number of esters is 1. The van der Waals surface area contributed by atoms with Crippen molar-refractivity contribution < 1.29 is 22.3 Å². The second kappa shape index (κ2) is 10.9. The maximum Gasteiger partial charge on any atom is 0.328 e. The zero-order chi connectivity index (χ0) is 24.3. The van der Waals surface area contributed by atoms with Crippen LogP contribution in [0.15, 0.2) is 78.0 Å². The molecule has 0 aliphatic heterocycles. The molecule has 0 spiro atoms. The third-order valence-corrected chi connectivity index (χ3v) is 7.10. The number of aromatic nitrogens is 2. The van der Waals surface area contributed by atoms with E-state index in [1.54, 1.807) is 49.5 Å². The lowest BCUT2D eigenvalue weighted by Gasteiger charge is -2.16. The van der Waals surface area contributed by atoms with Crippen molar-refractivity contribution >= 4 is 45.1 Å². The van der Waals surface area contributed by atoms with Gasteiger partial charge in [0.1, 0.15) is 17.7 Å². The Morgan fingerprint density at radius 2 is 1.86 bits per heavy atom. The lowest BCUT2D eigenvalue weighted by atomic mass is 10.1. The number of nitrogens with zero attached hydrogens (tertiary/aromatic N) is 2. The fourth-order valence-electron chi connectivity index (χ4n) is 3.69. The molecule has 2 aromatic carbocycles. The SMILES string of the molecule is CCOC(=O)C(CC)Nc1ccc(-c2cn(S(=O)(=O)c3ccccc3)c3cc(F)ccc23)cn1.Cl. The lowest BCUT2D eigenvalue weighted by Crippen LogP contribution is -2.31. The zero-order valence-electron chi connectivity index (χ0n) is 19.1. The smallest absolute Gasteiger partial charge is 0.328 e. The number of ether oxygens (including phenoxy) is 1. The first kappa shape index (κ1) is 26.2. The Morgan fingerprint density at radius 1 is 1.11 bits per heavy atom. The van der Waals surface area contributed by atoms with Gasteiger partial charge in [0.2, 0.25) is 0 Å². The molecule has 0 bridgehead atoms. The predicted molar refractivity (Wildman–Crippen MR) is 136 cm³/mol. The Kier molecular flexibility index (Phi) is 8.14. The van der Waals surface area contributed by atoms with Crippen molar-refractivity contribution in [3.63, 3.8) is 0 Å². The number of halogens is 2. The van der Waals surface area contributed by atoms with Crippen LogP contribution >= 0.6 is 12.4 Å². The van der Waals surface area contributed by atoms with Crippen molar-refractivity contribution in [3.05, 3.63) is 78.9 Å². The first-order valence-electron chi connectivity index (χ1n) is 10.9. The molecule has 0 saturated carbocycles. The number of carbonyl (C=O) groups is 1. The van der Waals surface area contributed by atoms with Crippen molar-refractivity contribution in [2.45, 2.75) is 31.2 Å². The van der Waals surface area contributed by atoms with Crippen LogP contribution in [0.4, 0.5) is 10.2 Å². The minimum absolute atomic E-state index is 0. The molecule has 2 heterocycles. The molecule has 0 radical (unpaired) electrons. The molecule has 4 aromatic rings. The number of benzene rings is 2. The highest BCUT2D eigenvalue weighted by Crippen LogP contribution is 2.33. The number of rotatable bonds is 8. The van der Waals surface area contributed by atoms with E-state index in [4.69, 9.17) is 4.74 Å². The number of anilines is 1. The van der Waals surface area contributed by atoms with Gasteiger partial charge in [-0.05, 0) is 55.8 Å². The zero-order valence-corrected chi connectivity index (χ0v) is 20.8. The summed E-state index contributed by atoms with van der Waals surface area (Å²) in [6.45, 7) is 3.90. The van der Waals surface area contributed by atoms with Gasteiger partial charge in [0, 0.05) is 28.9 Å². The minimum Gasteiger partial charge on any atom is -0.464 e. The van der Waals surface area contributed by atoms with Crippen molar-refractivity contribution in [1.29, 1.82) is 0 Å². The van der Waals surface area contributed by atoms with Crippen molar-refractivity contribution in [1.82, 2.24) is 8.96 Å². The number of hydrogen-bond acceptors (Lipinski definition) is 6. The molecule has 0 saturated heterocycles. The molecular weight excluding hydrogens is 493 g/mol. The molecule has 4 rings (SSSR count). The fourth-order valence-corrected chi connectivity index (χ4v) is 5.08. The number of carbonyl (C=O) groups excluding carboxylic acids is 1. The highest BCUT2D eigenvalue weighted by Gasteiger charge is 2.23. The van der Waals surface area contributed by atoms with Gasteiger partial charge in [-0.25, -0.2) is 26.6 Å². The summed E-state index contributed by atoms with van der Waals surface area (Å²) in [5.41, 5.74) is 1.47. The van der Waals surface area contributed by atoms with E-state index >= 15 is 0 Å². The van der Waals surface area contributed by atoms with E-state index in [1.807, 2.05) is 6.92 Å². The molecule has 2 aromatic heterocycles. The molecule has 184 valence electrons. The Hall–Kier alpha value is -3.43. The van der Waals surface area contributed by atoms with Crippen LogP contribution in [0, 0.1) is 5.82 Å². The molecule has 0 amide bonds. The largest absolute Gasteiger partial charge is 0.464 e. The first-order valence-corrected chi connectivity index (χ1v) is 12.3. The first-order chi connectivity index (χ1) is 16.3. The summed E-state index contributed by atoms with van der Waals surface area (Å²) >= 11 is 0. The van der Waals surface area contributed by atoms with Gasteiger partial charge in [0.15, 0.2) is 0 Å². The van der Waals surface area contributed by atoms with E-state index in [0.29, 0.717) is 35.4 Å². The van der Waals surface area contributed by atoms with E-state index < -0.39 is 21.9 Å². The molecule has 0 aliphatic rings. The Morgan fingerprint density at radius 3 is 2.49 bits per heavy atom. The summed E-state index contributed by atoms with van der Waals surface area (Å²) < 4.78 is 46.8. The fraction of sp³-hybridized carbons (Fsp3) is 0.200. The van der Waals surface area contributed by atoms with E-state index in [-0.39, 0.29) is 28.8 Å². The van der Waals surface area contributed by atoms with Crippen LogP contribution in [0.25, 0.3) is 22.0 Å². The Bertz CT molecular complexity index is 1420. The van der Waals surface area contributed by atoms with Gasteiger partial charge >= 0.3 is 5.97 Å². The molecule has 1 unspecified atom stereocenters.